The molecule has 6 nitrogen and oxygen atoms in total. The molecule has 1 saturated heterocycles. The summed E-state index contributed by atoms with van der Waals surface area (Å²) >= 11 is 6.08. The van der Waals surface area contributed by atoms with Crippen molar-refractivity contribution in [2.45, 2.75) is 5.41 Å². The van der Waals surface area contributed by atoms with E-state index in [1.807, 2.05) is 24.3 Å². The quantitative estimate of drug-likeness (QED) is 0.487. The summed E-state index contributed by atoms with van der Waals surface area (Å²) in [5, 5.41) is 2.64. The van der Waals surface area contributed by atoms with E-state index in [9.17, 15) is 4.79 Å². The van der Waals surface area contributed by atoms with Crippen LogP contribution in [0.1, 0.15) is 5.56 Å². The van der Waals surface area contributed by atoms with Crippen LogP contribution in [0.25, 0.3) is 21.9 Å². The van der Waals surface area contributed by atoms with Gasteiger partial charge in [0.25, 0.3) is 0 Å². The largest absolute Gasteiger partial charge is 0.369 e. The number of piperazine rings is 1. The minimum absolute atomic E-state index is 0.320. The molecule has 2 aliphatic rings. The van der Waals surface area contributed by atoms with Gasteiger partial charge in [0.05, 0.1) is 5.92 Å². The third kappa shape index (κ3) is 3.76. The Morgan fingerprint density at radius 3 is 2.61 bits per heavy atom. The van der Waals surface area contributed by atoms with Crippen LogP contribution in [0.4, 0.5) is 0 Å². The number of halogens is 1. The van der Waals surface area contributed by atoms with Crippen molar-refractivity contribution in [3.8, 4) is 0 Å². The number of primary amides is 1. The number of nitrogens with zero attached hydrogens (tertiary/aromatic N) is 3. The van der Waals surface area contributed by atoms with Crippen LogP contribution in [0.15, 0.2) is 54.6 Å². The Balaban J connectivity index is 1.58. The number of aromatic amines is 1. The van der Waals surface area contributed by atoms with E-state index < -0.39 is 0 Å². The number of amides is 1. The zero-order valence-corrected chi connectivity index (χ0v) is 18.3. The third-order valence-electron chi connectivity index (χ3n) is 6.57. The fourth-order valence-electron chi connectivity index (χ4n) is 4.67. The molecule has 0 unspecified atom stereocenters. The molecule has 3 heterocycles. The average molecular weight is 436 g/mol. The van der Waals surface area contributed by atoms with Crippen molar-refractivity contribution in [1.29, 1.82) is 0 Å². The van der Waals surface area contributed by atoms with Gasteiger partial charge in [0.15, 0.2) is 0 Å². The number of rotatable bonds is 4. The van der Waals surface area contributed by atoms with Gasteiger partial charge in [0, 0.05) is 54.4 Å². The van der Waals surface area contributed by atoms with Crippen LogP contribution in [-0.4, -0.2) is 65.4 Å². The maximum Gasteiger partial charge on any atom is 0.228 e. The summed E-state index contributed by atoms with van der Waals surface area (Å²) in [7, 11) is 2.16. The fourth-order valence-corrected chi connectivity index (χ4v) is 4.81. The van der Waals surface area contributed by atoms with Crippen LogP contribution >= 0.6 is 11.6 Å². The van der Waals surface area contributed by atoms with E-state index in [4.69, 9.17) is 17.3 Å². The lowest BCUT2D eigenvalue weighted by atomic mass is 9.75. The van der Waals surface area contributed by atoms with Gasteiger partial charge in [0.1, 0.15) is 10.8 Å². The predicted molar refractivity (Wildman–Crippen MR) is 125 cm³/mol. The number of benzene rings is 1. The number of likely N-dealkylation sites (N-methyl/N-ethyl adjacent to an activating group) is 1. The number of carbonyl (C=O) groups is 1. The van der Waals surface area contributed by atoms with Crippen molar-refractivity contribution in [1.82, 2.24) is 19.8 Å². The van der Waals surface area contributed by atoms with E-state index in [2.05, 4.69) is 57.2 Å². The molecule has 1 aliphatic heterocycles. The van der Waals surface area contributed by atoms with Crippen LogP contribution in [0.5, 0.6) is 0 Å². The lowest BCUT2D eigenvalue weighted by Crippen LogP contribution is -2.49. The van der Waals surface area contributed by atoms with Gasteiger partial charge in [-0.25, -0.2) is 4.98 Å². The first-order chi connectivity index (χ1) is 14.9. The second-order valence-corrected chi connectivity index (χ2v) is 9.07. The Morgan fingerprint density at radius 2 is 1.90 bits per heavy atom. The second-order valence-electron chi connectivity index (χ2n) is 8.68. The summed E-state index contributed by atoms with van der Waals surface area (Å²) in [6.07, 6.45) is 8.20. The molecule has 5 rings (SSSR count). The Morgan fingerprint density at radius 1 is 1.16 bits per heavy atom. The van der Waals surface area contributed by atoms with Crippen LogP contribution in [0.2, 0.25) is 5.15 Å². The first kappa shape index (κ1) is 20.2. The topological polar surface area (TPSA) is 78.2 Å². The maximum atomic E-state index is 11.7. The molecule has 1 fully saturated rings. The van der Waals surface area contributed by atoms with Gasteiger partial charge in [-0.15, -0.1) is 0 Å². The predicted octanol–water partition coefficient (Wildman–Crippen LogP) is 3.08. The minimum atomic E-state index is -0.358. The summed E-state index contributed by atoms with van der Waals surface area (Å²) in [5.41, 5.74) is 8.23. The third-order valence-corrected chi connectivity index (χ3v) is 6.78. The smallest absolute Gasteiger partial charge is 0.228 e. The van der Waals surface area contributed by atoms with E-state index in [1.165, 1.54) is 5.56 Å². The zero-order valence-electron chi connectivity index (χ0n) is 17.5. The molecule has 1 aromatic carbocycles. The number of hydrogen-bond acceptors (Lipinski definition) is 4. The van der Waals surface area contributed by atoms with Gasteiger partial charge in [-0.2, -0.15) is 0 Å². The number of fused-ring (bicyclic) bond motifs is 3. The van der Waals surface area contributed by atoms with Crippen LogP contribution < -0.4 is 5.73 Å². The van der Waals surface area contributed by atoms with Gasteiger partial charge in [-0.05, 0) is 36.9 Å². The molecule has 2 aromatic heterocycles. The molecule has 0 atom stereocenters. The number of carbonyl (C=O) groups excluding carboxylic acids is 1. The highest BCUT2D eigenvalue weighted by Crippen LogP contribution is 2.36. The Labute approximate surface area is 186 Å². The van der Waals surface area contributed by atoms with Crippen molar-refractivity contribution in [3.63, 3.8) is 0 Å². The molecular weight excluding hydrogens is 410 g/mol. The number of nitrogens with two attached hydrogens (primary N) is 1. The van der Waals surface area contributed by atoms with Crippen molar-refractivity contribution < 1.29 is 4.79 Å². The summed E-state index contributed by atoms with van der Waals surface area (Å²) < 4.78 is 0. The van der Waals surface area contributed by atoms with Crippen molar-refractivity contribution >= 4 is 39.4 Å². The van der Waals surface area contributed by atoms with E-state index in [-0.39, 0.29) is 17.2 Å². The molecule has 31 heavy (non-hydrogen) atoms. The molecule has 7 heteroatoms. The number of nitrogens with one attached hydrogen (secondary N) is 1. The highest BCUT2D eigenvalue weighted by atomic mass is 35.5. The summed E-state index contributed by atoms with van der Waals surface area (Å²) in [5.74, 6) is -0.681. The first-order valence-electron chi connectivity index (χ1n) is 10.6. The molecule has 1 aliphatic carbocycles. The number of aromatic nitrogens is 2. The number of hydrogen-bond donors (Lipinski definition) is 2. The minimum Gasteiger partial charge on any atom is -0.369 e. The molecule has 0 saturated carbocycles. The maximum absolute atomic E-state index is 11.7. The van der Waals surface area contributed by atoms with Gasteiger partial charge >= 0.3 is 0 Å². The molecule has 160 valence electrons. The van der Waals surface area contributed by atoms with Crippen LogP contribution in [-0.2, 0) is 10.2 Å². The van der Waals surface area contributed by atoms with Crippen molar-refractivity contribution in [2.24, 2.45) is 11.7 Å². The molecule has 3 aromatic rings. The Kier molecular flexibility index (Phi) is 5.08. The van der Waals surface area contributed by atoms with Crippen LogP contribution in [0.3, 0.4) is 0 Å². The average Bonchev–Trinajstić information content (AvgIpc) is 3.12. The van der Waals surface area contributed by atoms with Crippen LogP contribution in [0, 0.1) is 5.92 Å². The monoisotopic (exact) mass is 435 g/mol. The fraction of sp³-hybridized carbons (Fsp3) is 0.333. The standard InChI is InChI=1S/C24H26ClN5O/c1-29-10-12-30(13-11-29)15-24(8-6-16(7-9-24)22(26)31)17-2-4-20-19(14-17)18-3-5-21(25)28-23(18)27-20/h2-9,14,16H,10-13,15H2,1H3,(H2,26,31)(H,27,28). The van der Waals surface area contributed by atoms with E-state index >= 15 is 0 Å². The molecule has 0 bridgehead atoms. The second kappa shape index (κ2) is 7.79. The zero-order chi connectivity index (χ0) is 21.6. The summed E-state index contributed by atoms with van der Waals surface area (Å²) in [6, 6.07) is 10.3. The first-order valence-corrected chi connectivity index (χ1v) is 11.0. The van der Waals surface area contributed by atoms with E-state index in [1.54, 1.807) is 0 Å². The molecule has 0 spiro atoms. The molecule has 3 N–H and O–H groups in total. The lowest BCUT2D eigenvalue weighted by Gasteiger charge is -2.40. The van der Waals surface area contributed by atoms with Gasteiger partial charge in [0.2, 0.25) is 5.91 Å². The summed E-state index contributed by atoms with van der Waals surface area (Å²) in [4.78, 5) is 24.4. The normalized spacial score (nSPS) is 24.9. The molecular formula is C24H26ClN5O. The molecule has 0 radical (unpaired) electrons. The Bertz CT molecular complexity index is 1190. The van der Waals surface area contributed by atoms with Gasteiger partial charge in [-0.1, -0.05) is 42.0 Å². The van der Waals surface area contributed by atoms with E-state index in [0.717, 1.165) is 54.7 Å². The highest BCUT2D eigenvalue weighted by molar-refractivity contribution is 6.30. The highest BCUT2D eigenvalue weighted by Gasteiger charge is 2.33. The SMILES string of the molecule is CN1CCN(CC2(c3ccc4[nH]c5nc(Cl)ccc5c4c3)C=CC(C(N)=O)C=C2)CC1. The van der Waals surface area contributed by atoms with Crippen molar-refractivity contribution in [3.05, 3.63) is 65.4 Å². The lowest BCUT2D eigenvalue weighted by molar-refractivity contribution is -0.119. The number of H-pyrrole nitrogens is 1. The Hall–Kier alpha value is -2.67. The van der Waals surface area contributed by atoms with Gasteiger partial charge < -0.3 is 15.6 Å². The van der Waals surface area contributed by atoms with Crippen molar-refractivity contribution in [2.75, 3.05) is 39.8 Å². The number of pyridine rings is 1. The van der Waals surface area contributed by atoms with Gasteiger partial charge in [-0.3, -0.25) is 9.69 Å². The summed E-state index contributed by atoms with van der Waals surface area (Å²) in [6.45, 7) is 5.02. The molecule has 1 amide bonds. The van der Waals surface area contributed by atoms with E-state index in [0.29, 0.717) is 5.15 Å².